The average molecular weight is 486 g/mol. The lowest BCUT2D eigenvalue weighted by atomic mass is 9.97. The van der Waals surface area contributed by atoms with Crippen LogP contribution < -0.4 is 10.7 Å². The van der Waals surface area contributed by atoms with Crippen molar-refractivity contribution in [3.8, 4) is 5.75 Å². The number of hydrogen-bond donors (Lipinski definition) is 2. The Kier molecular flexibility index (Phi) is 5.36. The lowest BCUT2D eigenvalue weighted by Crippen LogP contribution is -2.45. The van der Waals surface area contributed by atoms with Crippen LogP contribution in [0.4, 0.5) is 8.78 Å². The van der Waals surface area contributed by atoms with E-state index < -0.39 is 46.2 Å². The van der Waals surface area contributed by atoms with Gasteiger partial charge in [-0.3, -0.25) is 14.4 Å². The van der Waals surface area contributed by atoms with E-state index in [1.807, 2.05) is 12.1 Å². The van der Waals surface area contributed by atoms with Crippen molar-refractivity contribution in [1.82, 2.24) is 14.8 Å². The van der Waals surface area contributed by atoms with Gasteiger partial charge >= 0.3 is 0 Å². The van der Waals surface area contributed by atoms with Gasteiger partial charge < -0.3 is 19.9 Å². The number of pyridine rings is 1. The summed E-state index contributed by atoms with van der Waals surface area (Å²) in [6, 6.07) is 7.84. The smallest absolute Gasteiger partial charge is 0.274 e. The van der Waals surface area contributed by atoms with E-state index in [9.17, 15) is 28.3 Å². The number of aromatic nitrogens is 1. The zero-order chi connectivity index (χ0) is 24.1. The number of hydrogen-bond acceptors (Lipinski definition) is 4. The van der Waals surface area contributed by atoms with Crippen LogP contribution in [0.2, 0.25) is 5.02 Å². The van der Waals surface area contributed by atoms with Crippen molar-refractivity contribution < 1.29 is 23.5 Å². The number of fused-ring (bicyclic) bond motifs is 6. The molecule has 2 aliphatic heterocycles. The Bertz CT molecular complexity index is 1420. The number of carbonyl (C=O) groups excluding carboxylic acids is 2. The van der Waals surface area contributed by atoms with Gasteiger partial charge in [-0.2, -0.15) is 0 Å². The predicted molar refractivity (Wildman–Crippen MR) is 119 cm³/mol. The molecule has 0 spiro atoms. The number of halogens is 3. The van der Waals surface area contributed by atoms with Crippen LogP contribution in [0.25, 0.3) is 0 Å². The van der Waals surface area contributed by atoms with Gasteiger partial charge in [0.15, 0.2) is 11.4 Å². The summed E-state index contributed by atoms with van der Waals surface area (Å²) in [7, 11) is 0. The minimum absolute atomic E-state index is 0.0254. The highest BCUT2D eigenvalue weighted by atomic mass is 35.5. The molecule has 2 bridgehead atoms. The Morgan fingerprint density at radius 3 is 2.74 bits per heavy atom. The largest absolute Gasteiger partial charge is 0.503 e. The molecule has 1 aromatic heterocycles. The molecule has 0 saturated carbocycles. The molecule has 0 aliphatic carbocycles. The van der Waals surface area contributed by atoms with Crippen LogP contribution in [0.15, 0.2) is 47.4 Å². The molecule has 3 aromatic rings. The molecule has 2 amide bonds. The highest BCUT2D eigenvalue weighted by molar-refractivity contribution is 6.30. The van der Waals surface area contributed by atoms with Crippen LogP contribution in [0, 0.1) is 11.6 Å². The summed E-state index contributed by atoms with van der Waals surface area (Å²) in [5.74, 6) is -3.79. The molecule has 2 aromatic carbocycles. The second-order valence-electron chi connectivity index (χ2n) is 8.25. The van der Waals surface area contributed by atoms with Crippen molar-refractivity contribution in [2.24, 2.45) is 0 Å². The van der Waals surface area contributed by atoms with Crippen LogP contribution in [-0.2, 0) is 13.0 Å². The Morgan fingerprint density at radius 1 is 1.18 bits per heavy atom. The number of benzene rings is 2. The van der Waals surface area contributed by atoms with Crippen molar-refractivity contribution in [2.75, 3.05) is 13.1 Å². The van der Waals surface area contributed by atoms with Crippen molar-refractivity contribution in [1.29, 1.82) is 0 Å². The third kappa shape index (κ3) is 3.62. The second kappa shape index (κ2) is 8.25. The van der Waals surface area contributed by atoms with Gasteiger partial charge in [-0.25, -0.2) is 8.78 Å². The first-order valence-corrected chi connectivity index (χ1v) is 10.9. The van der Waals surface area contributed by atoms with Gasteiger partial charge in [-0.05, 0) is 35.7 Å². The minimum Gasteiger partial charge on any atom is -0.503 e. The molecule has 0 saturated heterocycles. The summed E-state index contributed by atoms with van der Waals surface area (Å²) in [5, 5.41) is 13.6. The van der Waals surface area contributed by atoms with E-state index in [1.165, 1.54) is 16.8 Å². The lowest BCUT2D eigenvalue weighted by molar-refractivity contribution is 0.0686. The van der Waals surface area contributed by atoms with E-state index in [1.54, 1.807) is 11.0 Å². The monoisotopic (exact) mass is 485 g/mol. The summed E-state index contributed by atoms with van der Waals surface area (Å²) in [4.78, 5) is 40.2. The minimum atomic E-state index is -1.01. The molecule has 34 heavy (non-hydrogen) atoms. The molecule has 7 nitrogen and oxygen atoms in total. The summed E-state index contributed by atoms with van der Waals surface area (Å²) < 4.78 is 28.5. The van der Waals surface area contributed by atoms with E-state index >= 15 is 0 Å². The number of carbonyl (C=O) groups is 2. The number of amides is 2. The zero-order valence-corrected chi connectivity index (χ0v) is 18.4. The van der Waals surface area contributed by atoms with Gasteiger partial charge in [0, 0.05) is 42.5 Å². The zero-order valence-electron chi connectivity index (χ0n) is 17.6. The summed E-state index contributed by atoms with van der Waals surface area (Å²) >= 11 is 6.15. The Labute approximate surface area is 197 Å². The van der Waals surface area contributed by atoms with Crippen LogP contribution >= 0.6 is 11.6 Å². The third-order valence-corrected chi connectivity index (χ3v) is 6.48. The maximum absolute atomic E-state index is 13.9. The topological polar surface area (TPSA) is 91.6 Å². The van der Waals surface area contributed by atoms with Crippen molar-refractivity contribution in [3.05, 3.63) is 97.4 Å². The Balaban J connectivity index is 1.55. The van der Waals surface area contributed by atoms with Gasteiger partial charge in [-0.15, -0.1) is 0 Å². The van der Waals surface area contributed by atoms with Crippen LogP contribution in [0.1, 0.15) is 43.6 Å². The van der Waals surface area contributed by atoms with Gasteiger partial charge in [-0.1, -0.05) is 23.7 Å². The van der Waals surface area contributed by atoms with E-state index in [-0.39, 0.29) is 17.8 Å². The van der Waals surface area contributed by atoms with Crippen molar-refractivity contribution in [3.63, 3.8) is 0 Å². The lowest BCUT2D eigenvalue weighted by Gasteiger charge is -2.35. The highest BCUT2D eigenvalue weighted by Gasteiger charge is 2.38. The third-order valence-electron chi connectivity index (χ3n) is 6.24. The van der Waals surface area contributed by atoms with Gasteiger partial charge in [0.1, 0.15) is 17.2 Å². The SMILES string of the molecule is O=C(NCc1ccc(F)cc1F)c1cn2c(c(O)c1=O)C(=O)N1CCc3cc(Cl)ccc3[C@@H]2C1. The van der Waals surface area contributed by atoms with E-state index in [0.29, 0.717) is 30.6 Å². The maximum Gasteiger partial charge on any atom is 0.274 e. The fourth-order valence-corrected chi connectivity index (χ4v) is 4.71. The average Bonchev–Trinajstić information content (AvgIpc) is 2.96. The molecule has 0 radical (unpaired) electrons. The Hall–Kier alpha value is -3.72. The molecule has 0 unspecified atom stereocenters. The number of nitrogens with zero attached hydrogens (tertiary/aromatic N) is 2. The first-order valence-electron chi connectivity index (χ1n) is 10.5. The molecular weight excluding hydrogens is 468 g/mol. The van der Waals surface area contributed by atoms with Crippen LogP contribution in [0.5, 0.6) is 5.75 Å². The predicted octanol–water partition coefficient (Wildman–Crippen LogP) is 3.02. The van der Waals surface area contributed by atoms with Gasteiger partial charge in [0.2, 0.25) is 5.43 Å². The molecule has 10 heteroatoms. The number of nitrogens with one attached hydrogen (secondary N) is 1. The fraction of sp³-hybridized carbons (Fsp3) is 0.208. The molecule has 5 rings (SSSR count). The fourth-order valence-electron chi connectivity index (χ4n) is 4.52. The van der Waals surface area contributed by atoms with Crippen molar-refractivity contribution in [2.45, 2.75) is 19.0 Å². The van der Waals surface area contributed by atoms with Crippen LogP contribution in [-0.4, -0.2) is 39.5 Å². The van der Waals surface area contributed by atoms with Crippen LogP contribution in [0.3, 0.4) is 0 Å². The standard InChI is InChI=1S/C24H18ClF2N3O4/c25-14-2-4-16-12(7-14)5-6-29-11-19(16)30-10-17(21(31)22(32)20(30)24(29)34)23(33)28-9-13-1-3-15(26)8-18(13)27/h1-4,7-8,10,19,32H,5-6,9,11H2,(H,28,33)/t19-/m0/s1. The van der Waals surface area contributed by atoms with Crippen molar-refractivity contribution >= 4 is 23.4 Å². The summed E-state index contributed by atoms with van der Waals surface area (Å²) in [5.41, 5.74) is 0.223. The molecule has 1 atom stereocenters. The molecular formula is C24H18ClF2N3O4. The Morgan fingerprint density at radius 2 is 1.97 bits per heavy atom. The van der Waals surface area contributed by atoms with E-state index in [2.05, 4.69) is 5.32 Å². The highest BCUT2D eigenvalue weighted by Crippen LogP contribution is 2.35. The molecule has 2 N–H and O–H groups in total. The molecule has 0 fully saturated rings. The number of rotatable bonds is 3. The first-order chi connectivity index (χ1) is 16.2. The molecule has 3 heterocycles. The molecule has 2 aliphatic rings. The quantitative estimate of drug-likeness (QED) is 0.596. The number of aromatic hydroxyl groups is 1. The second-order valence-corrected chi connectivity index (χ2v) is 8.69. The van der Waals surface area contributed by atoms with Gasteiger partial charge in [0.25, 0.3) is 11.8 Å². The van der Waals surface area contributed by atoms with E-state index in [0.717, 1.165) is 17.2 Å². The normalized spacial score (nSPS) is 16.5. The summed E-state index contributed by atoms with van der Waals surface area (Å²) in [6.07, 6.45) is 1.80. The maximum atomic E-state index is 13.9. The van der Waals surface area contributed by atoms with E-state index in [4.69, 9.17) is 11.6 Å². The first kappa shape index (κ1) is 22.1. The summed E-state index contributed by atoms with van der Waals surface area (Å²) in [6.45, 7) is 0.386. The van der Waals surface area contributed by atoms with Gasteiger partial charge in [0.05, 0.1) is 6.04 Å². The molecule has 174 valence electrons.